The molecule has 1 aromatic rings. The van der Waals surface area contributed by atoms with Gasteiger partial charge < -0.3 is 10.5 Å². The van der Waals surface area contributed by atoms with E-state index in [-0.39, 0.29) is 5.54 Å². The van der Waals surface area contributed by atoms with Gasteiger partial charge in [-0.2, -0.15) is 0 Å². The van der Waals surface area contributed by atoms with Crippen molar-refractivity contribution in [1.82, 2.24) is 0 Å². The molecule has 0 unspecified atom stereocenters. The van der Waals surface area contributed by atoms with Crippen LogP contribution in [0.5, 0.6) is 5.75 Å². The zero-order valence-corrected chi connectivity index (χ0v) is 13.1. The second kappa shape index (κ2) is 5.22. The van der Waals surface area contributed by atoms with Gasteiger partial charge in [0, 0.05) is 21.1 Å². The molecule has 0 spiro atoms. The lowest BCUT2D eigenvalue weighted by Gasteiger charge is -2.36. The Kier molecular flexibility index (Phi) is 4.02. The van der Waals surface area contributed by atoms with Crippen LogP contribution in [0, 0.1) is 13.8 Å². The standard InChI is InChI=1S/C15H22BrNO/c1-10-9-12(14(18-3)11(2)13(10)16)15(17)7-5-4-6-8-15/h9H,4-8,17H2,1-3H3. The second-order valence-corrected chi connectivity index (χ2v) is 6.22. The summed E-state index contributed by atoms with van der Waals surface area (Å²) in [6, 6.07) is 2.20. The van der Waals surface area contributed by atoms with E-state index in [2.05, 4.69) is 35.8 Å². The molecule has 2 N–H and O–H groups in total. The van der Waals surface area contributed by atoms with Crippen LogP contribution < -0.4 is 10.5 Å². The lowest BCUT2D eigenvalue weighted by molar-refractivity contribution is 0.288. The second-order valence-electron chi connectivity index (χ2n) is 5.43. The summed E-state index contributed by atoms with van der Waals surface area (Å²) in [5.74, 6) is 0.955. The fourth-order valence-electron chi connectivity index (χ4n) is 3.03. The SMILES string of the molecule is COc1c(C2(N)CCCCC2)cc(C)c(Br)c1C. The highest BCUT2D eigenvalue weighted by molar-refractivity contribution is 9.10. The minimum Gasteiger partial charge on any atom is -0.496 e. The third-order valence-corrected chi connectivity index (χ3v) is 5.33. The lowest BCUT2D eigenvalue weighted by atomic mass is 9.76. The molecular formula is C15H22BrNO. The van der Waals surface area contributed by atoms with Crippen LogP contribution in [0.4, 0.5) is 0 Å². The van der Waals surface area contributed by atoms with Crippen LogP contribution in [-0.2, 0) is 5.54 Å². The Morgan fingerprint density at radius 1 is 1.22 bits per heavy atom. The van der Waals surface area contributed by atoms with E-state index in [1.54, 1.807) is 7.11 Å². The molecule has 2 rings (SSSR count). The van der Waals surface area contributed by atoms with Crippen molar-refractivity contribution in [2.45, 2.75) is 51.5 Å². The van der Waals surface area contributed by atoms with Gasteiger partial charge in [-0.3, -0.25) is 0 Å². The monoisotopic (exact) mass is 311 g/mol. The summed E-state index contributed by atoms with van der Waals surface area (Å²) in [5.41, 5.74) is 10.0. The average Bonchev–Trinajstić information content (AvgIpc) is 2.36. The Morgan fingerprint density at radius 3 is 2.39 bits per heavy atom. The summed E-state index contributed by atoms with van der Waals surface area (Å²) in [6.45, 7) is 4.21. The number of methoxy groups -OCH3 is 1. The largest absolute Gasteiger partial charge is 0.496 e. The van der Waals surface area contributed by atoms with Crippen LogP contribution in [0.25, 0.3) is 0 Å². The highest BCUT2D eigenvalue weighted by Crippen LogP contribution is 2.43. The maximum atomic E-state index is 6.65. The summed E-state index contributed by atoms with van der Waals surface area (Å²) in [4.78, 5) is 0. The minimum absolute atomic E-state index is 0.209. The first-order valence-corrected chi connectivity index (χ1v) is 7.42. The van der Waals surface area contributed by atoms with E-state index in [9.17, 15) is 0 Å². The predicted octanol–water partition coefficient (Wildman–Crippen LogP) is 4.19. The maximum absolute atomic E-state index is 6.65. The first-order valence-electron chi connectivity index (χ1n) is 6.62. The number of benzene rings is 1. The molecule has 3 heteroatoms. The molecule has 1 fully saturated rings. The Bertz CT molecular complexity index is 450. The zero-order valence-electron chi connectivity index (χ0n) is 11.5. The zero-order chi connectivity index (χ0) is 13.3. The van der Waals surface area contributed by atoms with E-state index in [4.69, 9.17) is 10.5 Å². The van der Waals surface area contributed by atoms with Crippen molar-refractivity contribution >= 4 is 15.9 Å². The van der Waals surface area contributed by atoms with Crippen molar-refractivity contribution in [2.24, 2.45) is 5.73 Å². The molecule has 0 radical (unpaired) electrons. The summed E-state index contributed by atoms with van der Waals surface area (Å²) >= 11 is 3.63. The smallest absolute Gasteiger partial charge is 0.127 e. The van der Waals surface area contributed by atoms with Crippen molar-refractivity contribution in [2.75, 3.05) is 7.11 Å². The van der Waals surface area contributed by atoms with Crippen molar-refractivity contribution in [3.05, 3.63) is 27.2 Å². The van der Waals surface area contributed by atoms with E-state index in [1.165, 1.54) is 30.4 Å². The van der Waals surface area contributed by atoms with Gasteiger partial charge in [-0.05, 0) is 38.3 Å². The summed E-state index contributed by atoms with van der Waals surface area (Å²) in [5, 5.41) is 0. The first kappa shape index (κ1) is 13.9. The van der Waals surface area contributed by atoms with E-state index in [1.807, 2.05) is 0 Å². The Morgan fingerprint density at radius 2 is 1.83 bits per heavy atom. The molecule has 0 atom stereocenters. The van der Waals surface area contributed by atoms with E-state index in [0.29, 0.717) is 0 Å². The van der Waals surface area contributed by atoms with Gasteiger partial charge in [-0.1, -0.05) is 35.2 Å². The molecule has 0 amide bonds. The molecule has 18 heavy (non-hydrogen) atoms. The molecule has 0 aromatic heterocycles. The normalized spacial score (nSPS) is 18.7. The number of aryl methyl sites for hydroxylation is 1. The van der Waals surface area contributed by atoms with Crippen molar-refractivity contribution in [3.8, 4) is 5.75 Å². The van der Waals surface area contributed by atoms with Crippen LogP contribution >= 0.6 is 15.9 Å². The van der Waals surface area contributed by atoms with Crippen LogP contribution in [-0.4, -0.2) is 7.11 Å². The molecule has 0 saturated heterocycles. The number of hydrogen-bond donors (Lipinski definition) is 1. The van der Waals surface area contributed by atoms with Crippen molar-refractivity contribution < 1.29 is 4.74 Å². The number of halogens is 1. The average molecular weight is 312 g/mol. The number of hydrogen-bond acceptors (Lipinski definition) is 2. The quantitative estimate of drug-likeness (QED) is 0.888. The molecule has 1 aliphatic carbocycles. The van der Waals surface area contributed by atoms with Crippen molar-refractivity contribution in [3.63, 3.8) is 0 Å². The van der Waals surface area contributed by atoms with Crippen LogP contribution in [0.3, 0.4) is 0 Å². The highest BCUT2D eigenvalue weighted by atomic mass is 79.9. The number of nitrogens with two attached hydrogens (primary N) is 1. The fraction of sp³-hybridized carbons (Fsp3) is 0.600. The lowest BCUT2D eigenvalue weighted by Crippen LogP contribution is -2.39. The molecule has 1 aliphatic rings. The first-order chi connectivity index (χ1) is 8.49. The molecule has 0 heterocycles. The van der Waals surface area contributed by atoms with Gasteiger partial charge in [-0.25, -0.2) is 0 Å². The van der Waals surface area contributed by atoms with Crippen molar-refractivity contribution in [1.29, 1.82) is 0 Å². The molecular weight excluding hydrogens is 290 g/mol. The molecule has 0 bridgehead atoms. The van der Waals surface area contributed by atoms with Gasteiger partial charge in [0.05, 0.1) is 7.11 Å². The van der Waals surface area contributed by atoms with E-state index in [0.717, 1.165) is 28.6 Å². The Hall–Kier alpha value is -0.540. The van der Waals surface area contributed by atoms with Gasteiger partial charge in [0.25, 0.3) is 0 Å². The van der Waals surface area contributed by atoms with E-state index < -0.39 is 0 Å². The van der Waals surface area contributed by atoms with Crippen LogP contribution in [0.2, 0.25) is 0 Å². The fourth-order valence-corrected chi connectivity index (χ4v) is 3.32. The van der Waals surface area contributed by atoms with E-state index >= 15 is 0 Å². The van der Waals surface area contributed by atoms with Gasteiger partial charge in [-0.15, -0.1) is 0 Å². The molecule has 0 aliphatic heterocycles. The van der Waals surface area contributed by atoms with Gasteiger partial charge in [0.1, 0.15) is 5.75 Å². The molecule has 2 nitrogen and oxygen atoms in total. The molecule has 1 aromatic carbocycles. The Balaban J connectivity index is 2.55. The van der Waals surface area contributed by atoms with Crippen LogP contribution in [0.15, 0.2) is 10.5 Å². The number of ether oxygens (including phenoxy) is 1. The van der Waals surface area contributed by atoms with Gasteiger partial charge in [0.2, 0.25) is 0 Å². The summed E-state index contributed by atoms with van der Waals surface area (Å²) < 4.78 is 6.75. The van der Waals surface area contributed by atoms with Crippen LogP contribution in [0.1, 0.15) is 48.8 Å². The summed E-state index contributed by atoms with van der Waals surface area (Å²) in [6.07, 6.45) is 5.85. The summed E-state index contributed by atoms with van der Waals surface area (Å²) in [7, 11) is 1.74. The number of rotatable bonds is 2. The maximum Gasteiger partial charge on any atom is 0.127 e. The van der Waals surface area contributed by atoms with Gasteiger partial charge in [0.15, 0.2) is 0 Å². The predicted molar refractivity (Wildman–Crippen MR) is 79.1 cm³/mol. The van der Waals surface area contributed by atoms with Gasteiger partial charge >= 0.3 is 0 Å². The third kappa shape index (κ3) is 2.30. The molecule has 100 valence electrons. The minimum atomic E-state index is -0.209. The molecule has 1 saturated carbocycles. The topological polar surface area (TPSA) is 35.2 Å². The Labute approximate surface area is 118 Å². The highest BCUT2D eigenvalue weighted by Gasteiger charge is 2.33. The third-order valence-electron chi connectivity index (χ3n) is 4.11.